The summed E-state index contributed by atoms with van der Waals surface area (Å²) in [6.45, 7) is 0. The van der Waals surface area contributed by atoms with Gasteiger partial charge in [0.25, 0.3) is 0 Å². The Labute approximate surface area is 138 Å². The molecule has 0 amide bonds. The van der Waals surface area contributed by atoms with E-state index in [-0.39, 0.29) is 38.0 Å². The van der Waals surface area contributed by atoms with Gasteiger partial charge in [0.1, 0.15) is 12.1 Å². The lowest BCUT2D eigenvalue weighted by molar-refractivity contribution is -0.139. The second-order valence-corrected chi connectivity index (χ2v) is 8.50. The van der Waals surface area contributed by atoms with Crippen molar-refractivity contribution in [1.29, 1.82) is 0 Å². The van der Waals surface area contributed by atoms with Crippen molar-refractivity contribution in [3.63, 3.8) is 0 Å². The summed E-state index contributed by atoms with van der Waals surface area (Å²) in [5, 5.41) is 16.6. The lowest BCUT2D eigenvalue weighted by Crippen LogP contribution is -2.29. The molecule has 0 fully saturated rings. The standard InChI is InChI=1S/2C5H12NO5P/c2*6-4(5(7)8)2-1-3-12(9,10)11/h2*4H,1-3,6H2,(H,7,8)(H2,9,10,11). The van der Waals surface area contributed by atoms with Crippen molar-refractivity contribution >= 4 is 27.1 Å². The van der Waals surface area contributed by atoms with Gasteiger partial charge in [-0.2, -0.15) is 0 Å². The van der Waals surface area contributed by atoms with E-state index in [1.807, 2.05) is 0 Å². The number of carboxylic acids is 2. The average molecular weight is 394 g/mol. The van der Waals surface area contributed by atoms with Crippen molar-refractivity contribution in [3.8, 4) is 0 Å². The second kappa shape index (κ2) is 11.7. The van der Waals surface area contributed by atoms with Crippen LogP contribution in [0.3, 0.4) is 0 Å². The molecule has 0 saturated carbocycles. The van der Waals surface area contributed by atoms with Gasteiger partial charge in [0, 0.05) is 12.3 Å². The average Bonchev–Trinajstić information content (AvgIpc) is 2.35. The highest BCUT2D eigenvalue weighted by molar-refractivity contribution is 7.52. The van der Waals surface area contributed by atoms with Gasteiger partial charge in [0.2, 0.25) is 0 Å². The number of aliphatic carboxylic acids is 2. The fourth-order valence-electron chi connectivity index (χ4n) is 1.28. The van der Waals surface area contributed by atoms with Crippen LogP contribution in [0.2, 0.25) is 0 Å². The van der Waals surface area contributed by atoms with Gasteiger partial charge in [-0.05, 0) is 25.7 Å². The molecule has 14 heteroatoms. The molecule has 0 heterocycles. The fourth-order valence-corrected chi connectivity index (χ4v) is 2.47. The Bertz CT molecular complexity index is 444. The highest BCUT2D eigenvalue weighted by Gasteiger charge is 2.17. The Balaban J connectivity index is 0. The third-order valence-electron chi connectivity index (χ3n) is 2.56. The molecule has 0 saturated heterocycles. The molecular formula is C10H24N2O10P2. The van der Waals surface area contributed by atoms with E-state index >= 15 is 0 Å². The van der Waals surface area contributed by atoms with E-state index in [1.54, 1.807) is 0 Å². The summed E-state index contributed by atoms with van der Waals surface area (Å²) in [6.07, 6.45) is -0.210. The summed E-state index contributed by atoms with van der Waals surface area (Å²) >= 11 is 0. The minimum atomic E-state index is -4.00. The number of hydrogen-bond acceptors (Lipinski definition) is 6. The third-order valence-corrected chi connectivity index (χ3v) is 4.36. The first-order valence-electron chi connectivity index (χ1n) is 6.71. The topological polar surface area (TPSA) is 242 Å². The zero-order valence-corrected chi connectivity index (χ0v) is 14.6. The van der Waals surface area contributed by atoms with Crippen molar-refractivity contribution in [3.05, 3.63) is 0 Å². The van der Waals surface area contributed by atoms with Crippen LogP contribution in [0.1, 0.15) is 25.7 Å². The predicted molar refractivity (Wildman–Crippen MR) is 83.5 cm³/mol. The first-order chi connectivity index (χ1) is 10.7. The zero-order chi connectivity index (χ0) is 19.6. The van der Waals surface area contributed by atoms with E-state index in [0.29, 0.717) is 0 Å². The second-order valence-electron chi connectivity index (χ2n) is 4.95. The van der Waals surface area contributed by atoms with Gasteiger partial charge in [-0.15, -0.1) is 0 Å². The number of nitrogens with two attached hydrogens (primary N) is 2. The van der Waals surface area contributed by atoms with Gasteiger partial charge in [0.05, 0.1) is 0 Å². The number of carbonyl (C=O) groups is 2. The van der Waals surface area contributed by atoms with Crippen LogP contribution in [0.15, 0.2) is 0 Å². The van der Waals surface area contributed by atoms with Gasteiger partial charge in [-0.3, -0.25) is 18.7 Å². The lowest BCUT2D eigenvalue weighted by atomic mass is 10.2. The Morgan fingerprint density at radius 2 is 1.00 bits per heavy atom. The monoisotopic (exact) mass is 394 g/mol. The van der Waals surface area contributed by atoms with Crippen LogP contribution in [0.5, 0.6) is 0 Å². The zero-order valence-electron chi connectivity index (χ0n) is 12.8. The maximum Gasteiger partial charge on any atom is 0.325 e. The van der Waals surface area contributed by atoms with Gasteiger partial charge in [-0.25, -0.2) is 0 Å². The Hall–Kier alpha value is -0.840. The van der Waals surface area contributed by atoms with Gasteiger partial charge >= 0.3 is 27.1 Å². The molecule has 0 aromatic carbocycles. The van der Waals surface area contributed by atoms with E-state index in [4.69, 9.17) is 41.3 Å². The van der Waals surface area contributed by atoms with Crippen LogP contribution in [-0.2, 0) is 18.7 Å². The maximum atomic E-state index is 10.3. The van der Waals surface area contributed by atoms with Crippen LogP contribution in [-0.4, -0.2) is 66.1 Å². The maximum absolute atomic E-state index is 10.3. The van der Waals surface area contributed by atoms with Gasteiger partial charge in [0.15, 0.2) is 0 Å². The first kappa shape index (κ1) is 25.4. The highest BCUT2D eigenvalue weighted by atomic mass is 31.2. The van der Waals surface area contributed by atoms with Crippen LogP contribution >= 0.6 is 15.2 Å². The summed E-state index contributed by atoms with van der Waals surface area (Å²) in [7, 11) is -8.00. The highest BCUT2D eigenvalue weighted by Crippen LogP contribution is 2.35. The summed E-state index contributed by atoms with van der Waals surface area (Å²) < 4.78 is 20.6. The van der Waals surface area contributed by atoms with Gasteiger partial charge in [-0.1, -0.05) is 0 Å². The summed E-state index contributed by atoms with van der Waals surface area (Å²) in [5.74, 6) is -2.30. The van der Waals surface area contributed by atoms with Crippen LogP contribution in [0.25, 0.3) is 0 Å². The Morgan fingerprint density at radius 1 is 0.750 bits per heavy atom. The molecule has 0 spiro atoms. The molecule has 0 aliphatic carbocycles. The van der Waals surface area contributed by atoms with Crippen molar-refractivity contribution in [1.82, 2.24) is 0 Å². The SMILES string of the molecule is NC(CCCP(=O)(O)O)C(=O)O.NC(CCCP(=O)(O)O)C(=O)O. The molecule has 0 aromatic heterocycles. The number of carboxylic acid groups (broad SMARTS) is 2. The fraction of sp³-hybridized carbons (Fsp3) is 0.800. The molecule has 2 atom stereocenters. The Morgan fingerprint density at radius 3 is 1.17 bits per heavy atom. The van der Waals surface area contributed by atoms with E-state index in [1.165, 1.54) is 0 Å². The summed E-state index contributed by atoms with van der Waals surface area (Å²) in [5.41, 5.74) is 10.2. The minimum Gasteiger partial charge on any atom is -0.480 e. The smallest absolute Gasteiger partial charge is 0.325 e. The number of hydrogen-bond donors (Lipinski definition) is 8. The van der Waals surface area contributed by atoms with Crippen LogP contribution < -0.4 is 11.5 Å². The quantitative estimate of drug-likeness (QED) is 0.202. The molecule has 0 radical (unpaired) electrons. The molecule has 24 heavy (non-hydrogen) atoms. The minimum absolute atomic E-state index is 0.0838. The van der Waals surface area contributed by atoms with Crippen LogP contribution in [0, 0.1) is 0 Å². The van der Waals surface area contributed by atoms with Crippen molar-refractivity contribution in [2.24, 2.45) is 11.5 Å². The summed E-state index contributed by atoms with van der Waals surface area (Å²) in [6, 6.07) is -2.06. The van der Waals surface area contributed by atoms with Crippen molar-refractivity contribution < 1.29 is 48.5 Å². The first-order valence-corrected chi connectivity index (χ1v) is 10.3. The molecule has 2 unspecified atom stereocenters. The Kier molecular flexibility index (Phi) is 12.3. The molecule has 0 aliphatic rings. The largest absolute Gasteiger partial charge is 0.480 e. The van der Waals surface area contributed by atoms with Crippen LogP contribution in [0.4, 0.5) is 0 Å². The van der Waals surface area contributed by atoms with Gasteiger partial charge < -0.3 is 41.3 Å². The lowest BCUT2D eigenvalue weighted by Gasteiger charge is -2.06. The normalized spacial score (nSPS) is 14.2. The third kappa shape index (κ3) is 19.2. The molecular weight excluding hydrogens is 370 g/mol. The van der Waals surface area contributed by atoms with E-state index < -0.39 is 39.2 Å². The molecule has 0 bridgehead atoms. The molecule has 12 nitrogen and oxygen atoms in total. The van der Waals surface area contributed by atoms with E-state index in [9.17, 15) is 18.7 Å². The molecule has 0 aromatic rings. The van der Waals surface area contributed by atoms with Crippen molar-refractivity contribution in [2.45, 2.75) is 37.8 Å². The molecule has 0 aliphatic heterocycles. The van der Waals surface area contributed by atoms with E-state index in [2.05, 4.69) is 0 Å². The molecule has 144 valence electrons. The van der Waals surface area contributed by atoms with Crippen molar-refractivity contribution in [2.75, 3.05) is 12.3 Å². The number of rotatable bonds is 10. The summed E-state index contributed by atoms with van der Waals surface area (Å²) in [4.78, 5) is 53.8. The molecule has 0 rings (SSSR count). The predicted octanol–water partition coefficient (Wildman–Crippen LogP) is -1.29. The van der Waals surface area contributed by atoms with E-state index in [0.717, 1.165) is 0 Å². The molecule has 10 N–H and O–H groups in total.